The van der Waals surface area contributed by atoms with Gasteiger partial charge in [-0.15, -0.1) is 6.58 Å². The summed E-state index contributed by atoms with van der Waals surface area (Å²) in [5.41, 5.74) is 8.49. The van der Waals surface area contributed by atoms with Crippen molar-refractivity contribution in [3.05, 3.63) is 36.4 Å². The molecule has 1 aromatic carbocycles. The van der Waals surface area contributed by atoms with Crippen LogP contribution in [0.15, 0.2) is 30.9 Å². The molecule has 1 fully saturated rings. The Kier molecular flexibility index (Phi) is 2.69. The van der Waals surface area contributed by atoms with Crippen molar-refractivity contribution in [2.24, 2.45) is 5.92 Å². The molecule has 16 heavy (non-hydrogen) atoms. The lowest BCUT2D eigenvalue weighted by Gasteiger charge is -2.18. The van der Waals surface area contributed by atoms with Crippen LogP contribution >= 0.6 is 0 Å². The first kappa shape index (κ1) is 10.7. The number of nitrogens with zero attached hydrogens (tertiary/aromatic N) is 1. The number of amides is 1. The van der Waals surface area contributed by atoms with Crippen LogP contribution in [-0.4, -0.2) is 12.5 Å². The molecule has 3 heteroatoms. The molecular weight excluding hydrogens is 200 g/mol. The Labute approximate surface area is 95.6 Å². The Hall–Kier alpha value is -1.77. The molecule has 0 spiro atoms. The topological polar surface area (TPSA) is 46.3 Å². The van der Waals surface area contributed by atoms with Gasteiger partial charge in [-0.05, 0) is 24.6 Å². The summed E-state index contributed by atoms with van der Waals surface area (Å²) in [6.45, 7) is 6.42. The van der Waals surface area contributed by atoms with Crippen LogP contribution in [0.3, 0.4) is 0 Å². The SMILES string of the molecule is C=CC1CC(=O)N(c2cc(C)ccc2N)C1. The van der Waals surface area contributed by atoms with Crippen LogP contribution in [0.5, 0.6) is 0 Å². The van der Waals surface area contributed by atoms with Gasteiger partial charge in [0, 0.05) is 18.9 Å². The number of hydrogen-bond acceptors (Lipinski definition) is 2. The zero-order valence-corrected chi connectivity index (χ0v) is 9.44. The largest absolute Gasteiger partial charge is 0.397 e. The second-order valence-corrected chi connectivity index (χ2v) is 4.27. The summed E-state index contributed by atoms with van der Waals surface area (Å²) in [4.78, 5) is 13.6. The number of rotatable bonds is 2. The van der Waals surface area contributed by atoms with Gasteiger partial charge in [0.25, 0.3) is 0 Å². The van der Waals surface area contributed by atoms with Crippen molar-refractivity contribution >= 4 is 17.3 Å². The fourth-order valence-electron chi connectivity index (χ4n) is 2.01. The summed E-state index contributed by atoms with van der Waals surface area (Å²) >= 11 is 0. The Bertz CT molecular complexity index is 440. The van der Waals surface area contributed by atoms with Crippen LogP contribution in [0, 0.1) is 12.8 Å². The molecule has 1 aromatic rings. The molecule has 2 rings (SSSR count). The van der Waals surface area contributed by atoms with Gasteiger partial charge in [0.1, 0.15) is 0 Å². The number of benzene rings is 1. The maximum absolute atomic E-state index is 11.8. The Morgan fingerprint density at radius 1 is 1.56 bits per heavy atom. The highest BCUT2D eigenvalue weighted by molar-refractivity contribution is 5.98. The number of anilines is 2. The van der Waals surface area contributed by atoms with E-state index < -0.39 is 0 Å². The molecule has 1 atom stereocenters. The number of nitrogens with two attached hydrogens (primary N) is 1. The van der Waals surface area contributed by atoms with Crippen LogP contribution in [0.4, 0.5) is 11.4 Å². The predicted octanol–water partition coefficient (Wildman–Crippen LogP) is 2.12. The first-order valence-corrected chi connectivity index (χ1v) is 5.41. The van der Waals surface area contributed by atoms with Gasteiger partial charge in [0.2, 0.25) is 5.91 Å². The van der Waals surface area contributed by atoms with Gasteiger partial charge in [0.05, 0.1) is 11.4 Å². The van der Waals surface area contributed by atoms with E-state index in [9.17, 15) is 4.79 Å². The molecule has 0 bridgehead atoms. The maximum atomic E-state index is 11.8. The van der Waals surface area contributed by atoms with Crippen molar-refractivity contribution in [2.75, 3.05) is 17.2 Å². The van der Waals surface area contributed by atoms with Crippen LogP contribution in [0.25, 0.3) is 0 Å². The molecule has 1 saturated heterocycles. The third-order valence-electron chi connectivity index (χ3n) is 2.97. The van der Waals surface area contributed by atoms with Gasteiger partial charge >= 0.3 is 0 Å². The summed E-state index contributed by atoms with van der Waals surface area (Å²) in [6, 6.07) is 5.75. The zero-order valence-electron chi connectivity index (χ0n) is 9.44. The second kappa shape index (κ2) is 4.00. The average molecular weight is 216 g/mol. The summed E-state index contributed by atoms with van der Waals surface area (Å²) in [5.74, 6) is 0.370. The molecule has 3 nitrogen and oxygen atoms in total. The highest BCUT2D eigenvalue weighted by Gasteiger charge is 2.29. The molecule has 1 unspecified atom stereocenters. The highest BCUT2D eigenvalue weighted by Crippen LogP contribution is 2.30. The van der Waals surface area contributed by atoms with Crippen molar-refractivity contribution < 1.29 is 4.79 Å². The minimum absolute atomic E-state index is 0.127. The van der Waals surface area contributed by atoms with Gasteiger partial charge in [0.15, 0.2) is 0 Å². The van der Waals surface area contributed by atoms with Gasteiger partial charge in [-0.25, -0.2) is 0 Å². The zero-order chi connectivity index (χ0) is 11.7. The molecule has 2 N–H and O–H groups in total. The van der Waals surface area contributed by atoms with E-state index in [4.69, 9.17) is 5.73 Å². The first-order chi connectivity index (χ1) is 7.61. The fraction of sp³-hybridized carbons (Fsp3) is 0.308. The van der Waals surface area contributed by atoms with E-state index in [0.29, 0.717) is 18.7 Å². The molecular formula is C13H16N2O. The van der Waals surface area contributed by atoms with Crippen LogP contribution < -0.4 is 10.6 Å². The summed E-state index contributed by atoms with van der Waals surface area (Å²) in [6.07, 6.45) is 2.38. The Morgan fingerprint density at radius 3 is 2.94 bits per heavy atom. The van der Waals surface area contributed by atoms with Crippen LogP contribution in [-0.2, 0) is 4.79 Å². The first-order valence-electron chi connectivity index (χ1n) is 5.41. The lowest BCUT2D eigenvalue weighted by Crippen LogP contribution is -2.25. The summed E-state index contributed by atoms with van der Waals surface area (Å²) in [5, 5.41) is 0. The number of nitrogen functional groups attached to an aromatic ring is 1. The smallest absolute Gasteiger partial charge is 0.227 e. The highest BCUT2D eigenvalue weighted by atomic mass is 16.2. The van der Waals surface area contributed by atoms with Crippen molar-refractivity contribution in [3.63, 3.8) is 0 Å². The van der Waals surface area contributed by atoms with E-state index in [0.717, 1.165) is 11.3 Å². The van der Waals surface area contributed by atoms with E-state index in [1.54, 1.807) is 4.90 Å². The standard InChI is InChI=1S/C13H16N2O/c1-3-10-7-13(16)15(8-10)12-6-9(2)4-5-11(12)14/h3-6,10H,1,7-8,14H2,2H3. The molecule has 84 valence electrons. The summed E-state index contributed by atoms with van der Waals surface area (Å²) in [7, 11) is 0. The van der Waals surface area contributed by atoms with E-state index in [-0.39, 0.29) is 11.8 Å². The average Bonchev–Trinajstić information content (AvgIpc) is 2.63. The van der Waals surface area contributed by atoms with Crippen LogP contribution in [0.2, 0.25) is 0 Å². The molecule has 0 saturated carbocycles. The molecule has 1 aliphatic rings. The number of aryl methyl sites for hydroxylation is 1. The number of carbonyl (C=O) groups is 1. The predicted molar refractivity (Wildman–Crippen MR) is 66.2 cm³/mol. The van der Waals surface area contributed by atoms with Gasteiger partial charge in [-0.1, -0.05) is 12.1 Å². The van der Waals surface area contributed by atoms with Crippen molar-refractivity contribution in [3.8, 4) is 0 Å². The quantitative estimate of drug-likeness (QED) is 0.608. The van der Waals surface area contributed by atoms with Crippen molar-refractivity contribution in [1.29, 1.82) is 0 Å². The lowest BCUT2D eigenvalue weighted by atomic mass is 10.1. The minimum Gasteiger partial charge on any atom is -0.397 e. The number of carbonyl (C=O) groups excluding carboxylic acids is 1. The van der Waals surface area contributed by atoms with Gasteiger partial charge in [-0.2, -0.15) is 0 Å². The number of hydrogen-bond donors (Lipinski definition) is 1. The Balaban J connectivity index is 2.34. The third kappa shape index (κ3) is 1.81. The third-order valence-corrected chi connectivity index (χ3v) is 2.97. The van der Waals surface area contributed by atoms with Gasteiger partial charge < -0.3 is 10.6 Å². The second-order valence-electron chi connectivity index (χ2n) is 4.27. The Morgan fingerprint density at radius 2 is 2.31 bits per heavy atom. The summed E-state index contributed by atoms with van der Waals surface area (Å²) < 4.78 is 0. The molecule has 1 heterocycles. The molecule has 0 radical (unpaired) electrons. The maximum Gasteiger partial charge on any atom is 0.227 e. The monoisotopic (exact) mass is 216 g/mol. The fourth-order valence-corrected chi connectivity index (χ4v) is 2.01. The van der Waals surface area contributed by atoms with E-state index >= 15 is 0 Å². The van der Waals surface area contributed by atoms with E-state index in [2.05, 4.69) is 6.58 Å². The molecule has 1 aliphatic heterocycles. The molecule has 1 amide bonds. The van der Waals surface area contributed by atoms with Crippen LogP contribution in [0.1, 0.15) is 12.0 Å². The molecule has 0 aliphatic carbocycles. The van der Waals surface area contributed by atoms with E-state index in [1.807, 2.05) is 31.2 Å². The van der Waals surface area contributed by atoms with Gasteiger partial charge in [-0.3, -0.25) is 4.79 Å². The minimum atomic E-state index is 0.127. The van der Waals surface area contributed by atoms with Crippen molar-refractivity contribution in [1.82, 2.24) is 0 Å². The van der Waals surface area contributed by atoms with E-state index in [1.165, 1.54) is 0 Å². The molecule has 0 aromatic heterocycles. The normalized spacial score (nSPS) is 20.2. The lowest BCUT2D eigenvalue weighted by molar-refractivity contribution is -0.117. The van der Waals surface area contributed by atoms with Crippen molar-refractivity contribution in [2.45, 2.75) is 13.3 Å².